The van der Waals surface area contributed by atoms with Crippen LogP contribution in [0.4, 0.5) is 0 Å². The SMILES string of the molecule is Cc1ccccc1CN1C(=O)[C@H]2CC=CC[C@@H]2C1=O. The van der Waals surface area contributed by atoms with Crippen molar-refractivity contribution >= 4 is 11.8 Å². The van der Waals surface area contributed by atoms with E-state index in [1.165, 1.54) is 4.90 Å². The molecule has 1 saturated heterocycles. The van der Waals surface area contributed by atoms with Crippen molar-refractivity contribution in [3.05, 3.63) is 47.5 Å². The van der Waals surface area contributed by atoms with Crippen LogP contribution in [0.1, 0.15) is 24.0 Å². The highest BCUT2D eigenvalue weighted by atomic mass is 16.2. The summed E-state index contributed by atoms with van der Waals surface area (Å²) in [5.74, 6) is -0.242. The smallest absolute Gasteiger partial charge is 0.233 e. The van der Waals surface area contributed by atoms with Crippen molar-refractivity contribution in [1.82, 2.24) is 4.90 Å². The van der Waals surface area contributed by atoms with Crippen molar-refractivity contribution in [2.75, 3.05) is 0 Å². The number of hydrogen-bond acceptors (Lipinski definition) is 2. The number of hydrogen-bond donors (Lipinski definition) is 0. The first kappa shape index (κ1) is 12.2. The fourth-order valence-electron chi connectivity index (χ4n) is 2.98. The quantitative estimate of drug-likeness (QED) is 0.601. The molecule has 0 N–H and O–H groups in total. The molecule has 0 radical (unpaired) electrons. The summed E-state index contributed by atoms with van der Waals surface area (Å²) >= 11 is 0. The zero-order valence-electron chi connectivity index (χ0n) is 11.0. The molecule has 0 spiro atoms. The van der Waals surface area contributed by atoms with E-state index in [2.05, 4.69) is 0 Å². The number of allylic oxidation sites excluding steroid dienone is 2. The van der Waals surface area contributed by atoms with E-state index in [1.54, 1.807) is 0 Å². The summed E-state index contributed by atoms with van der Waals surface area (Å²) in [5.41, 5.74) is 2.17. The first-order valence-corrected chi connectivity index (χ1v) is 6.73. The molecule has 3 rings (SSSR count). The van der Waals surface area contributed by atoms with Gasteiger partial charge < -0.3 is 0 Å². The minimum absolute atomic E-state index is 0.00241. The summed E-state index contributed by atoms with van der Waals surface area (Å²) in [6, 6.07) is 7.91. The third-order valence-electron chi connectivity index (χ3n) is 4.19. The van der Waals surface area contributed by atoms with Gasteiger partial charge in [-0.3, -0.25) is 14.5 Å². The lowest BCUT2D eigenvalue weighted by Gasteiger charge is -2.16. The van der Waals surface area contributed by atoms with Gasteiger partial charge in [0.1, 0.15) is 0 Å². The van der Waals surface area contributed by atoms with E-state index in [0.29, 0.717) is 19.4 Å². The molecule has 1 fully saturated rings. The zero-order valence-corrected chi connectivity index (χ0v) is 11.0. The predicted octanol–water partition coefficient (Wildman–Crippen LogP) is 2.45. The average molecular weight is 255 g/mol. The van der Waals surface area contributed by atoms with E-state index in [0.717, 1.165) is 11.1 Å². The van der Waals surface area contributed by atoms with Crippen LogP contribution in [-0.2, 0) is 16.1 Å². The van der Waals surface area contributed by atoms with Crippen LogP contribution in [0.5, 0.6) is 0 Å². The molecule has 3 nitrogen and oxygen atoms in total. The first-order chi connectivity index (χ1) is 9.18. The van der Waals surface area contributed by atoms with E-state index in [4.69, 9.17) is 0 Å². The number of benzene rings is 1. The molecule has 3 heteroatoms. The molecular weight excluding hydrogens is 238 g/mol. The van der Waals surface area contributed by atoms with Crippen molar-refractivity contribution in [3.63, 3.8) is 0 Å². The molecular formula is C16H17NO2. The Kier molecular flexibility index (Phi) is 2.97. The third kappa shape index (κ3) is 1.99. The van der Waals surface area contributed by atoms with E-state index in [1.807, 2.05) is 43.3 Å². The minimum atomic E-state index is -0.124. The molecule has 0 saturated carbocycles. The van der Waals surface area contributed by atoms with Gasteiger partial charge >= 0.3 is 0 Å². The Hall–Kier alpha value is -1.90. The Morgan fingerprint density at radius 1 is 1.05 bits per heavy atom. The van der Waals surface area contributed by atoms with Crippen LogP contribution in [0, 0.1) is 18.8 Å². The first-order valence-electron chi connectivity index (χ1n) is 6.73. The van der Waals surface area contributed by atoms with Gasteiger partial charge in [-0.25, -0.2) is 0 Å². The molecule has 2 atom stereocenters. The highest BCUT2D eigenvalue weighted by molar-refractivity contribution is 6.05. The molecule has 1 aromatic rings. The topological polar surface area (TPSA) is 37.4 Å². The Labute approximate surface area is 112 Å². The maximum Gasteiger partial charge on any atom is 0.233 e. The van der Waals surface area contributed by atoms with Gasteiger partial charge in [0.15, 0.2) is 0 Å². The van der Waals surface area contributed by atoms with E-state index in [-0.39, 0.29) is 23.7 Å². The lowest BCUT2D eigenvalue weighted by atomic mass is 9.85. The van der Waals surface area contributed by atoms with Crippen molar-refractivity contribution in [2.45, 2.75) is 26.3 Å². The molecule has 0 aromatic heterocycles. The number of aryl methyl sites for hydroxylation is 1. The van der Waals surface area contributed by atoms with E-state index in [9.17, 15) is 9.59 Å². The molecule has 1 heterocycles. The van der Waals surface area contributed by atoms with E-state index >= 15 is 0 Å². The van der Waals surface area contributed by atoms with Gasteiger partial charge in [0.25, 0.3) is 0 Å². The number of carbonyl (C=O) groups excluding carboxylic acids is 2. The van der Waals surface area contributed by atoms with Gasteiger partial charge in [0.05, 0.1) is 18.4 Å². The second-order valence-corrected chi connectivity index (χ2v) is 5.34. The highest BCUT2D eigenvalue weighted by Crippen LogP contribution is 2.35. The van der Waals surface area contributed by atoms with Gasteiger partial charge in [-0.15, -0.1) is 0 Å². The Morgan fingerprint density at radius 3 is 2.21 bits per heavy atom. The summed E-state index contributed by atoms with van der Waals surface area (Å²) in [6.45, 7) is 2.42. The van der Waals surface area contributed by atoms with Crippen LogP contribution >= 0.6 is 0 Å². The zero-order chi connectivity index (χ0) is 13.4. The summed E-state index contributed by atoms with van der Waals surface area (Å²) in [5, 5.41) is 0. The number of fused-ring (bicyclic) bond motifs is 1. The molecule has 2 aliphatic rings. The number of nitrogens with zero attached hydrogens (tertiary/aromatic N) is 1. The van der Waals surface area contributed by atoms with Crippen LogP contribution in [0.15, 0.2) is 36.4 Å². The summed E-state index contributed by atoms with van der Waals surface area (Å²) < 4.78 is 0. The molecule has 0 bridgehead atoms. The van der Waals surface area contributed by atoms with Gasteiger partial charge in [-0.05, 0) is 30.9 Å². The van der Waals surface area contributed by atoms with Gasteiger partial charge in [-0.2, -0.15) is 0 Å². The van der Waals surface area contributed by atoms with Crippen LogP contribution in [0.3, 0.4) is 0 Å². The molecule has 1 aliphatic heterocycles. The minimum Gasteiger partial charge on any atom is -0.278 e. The number of carbonyl (C=O) groups is 2. The third-order valence-corrected chi connectivity index (χ3v) is 4.19. The summed E-state index contributed by atoms with van der Waals surface area (Å²) in [4.78, 5) is 26.1. The van der Waals surface area contributed by atoms with Gasteiger partial charge in [0, 0.05) is 0 Å². The van der Waals surface area contributed by atoms with Gasteiger partial charge in [0.2, 0.25) is 11.8 Å². The van der Waals surface area contributed by atoms with Crippen LogP contribution in [0.25, 0.3) is 0 Å². The normalized spacial score (nSPS) is 25.8. The van der Waals surface area contributed by atoms with Crippen LogP contribution in [-0.4, -0.2) is 16.7 Å². The Morgan fingerprint density at radius 2 is 1.63 bits per heavy atom. The molecule has 19 heavy (non-hydrogen) atoms. The maximum absolute atomic E-state index is 12.3. The lowest BCUT2D eigenvalue weighted by Crippen LogP contribution is -2.30. The molecule has 1 aromatic carbocycles. The summed E-state index contributed by atoms with van der Waals surface area (Å²) in [7, 11) is 0. The number of rotatable bonds is 2. The van der Waals surface area contributed by atoms with Crippen LogP contribution in [0.2, 0.25) is 0 Å². The molecule has 1 aliphatic carbocycles. The largest absolute Gasteiger partial charge is 0.278 e. The van der Waals surface area contributed by atoms with Crippen molar-refractivity contribution in [3.8, 4) is 0 Å². The number of imide groups is 1. The number of amides is 2. The standard InChI is InChI=1S/C16H17NO2/c1-11-6-2-3-7-12(11)10-17-15(18)13-8-4-5-9-14(13)16(17)19/h2-7,13-14H,8-10H2,1H3/t13-,14-/m0/s1. The van der Waals surface area contributed by atoms with Gasteiger partial charge in [-0.1, -0.05) is 36.4 Å². The maximum atomic E-state index is 12.3. The second kappa shape index (κ2) is 4.65. The van der Waals surface area contributed by atoms with Crippen molar-refractivity contribution in [1.29, 1.82) is 0 Å². The molecule has 2 amide bonds. The second-order valence-electron chi connectivity index (χ2n) is 5.34. The highest BCUT2D eigenvalue weighted by Gasteiger charge is 2.46. The Bertz CT molecular complexity index is 536. The van der Waals surface area contributed by atoms with E-state index < -0.39 is 0 Å². The Balaban J connectivity index is 1.85. The number of likely N-dealkylation sites (tertiary alicyclic amines) is 1. The fraction of sp³-hybridized carbons (Fsp3) is 0.375. The predicted molar refractivity (Wildman–Crippen MR) is 72.1 cm³/mol. The monoisotopic (exact) mass is 255 g/mol. The summed E-state index contributed by atoms with van der Waals surface area (Å²) in [6.07, 6.45) is 5.45. The molecule has 98 valence electrons. The molecule has 0 unspecified atom stereocenters. The van der Waals surface area contributed by atoms with Crippen molar-refractivity contribution in [2.24, 2.45) is 11.8 Å². The van der Waals surface area contributed by atoms with Crippen LogP contribution < -0.4 is 0 Å². The lowest BCUT2D eigenvalue weighted by molar-refractivity contribution is -0.140. The fourth-order valence-corrected chi connectivity index (χ4v) is 2.98. The average Bonchev–Trinajstić information content (AvgIpc) is 2.67. The van der Waals surface area contributed by atoms with Crippen molar-refractivity contribution < 1.29 is 9.59 Å².